The topological polar surface area (TPSA) is 25.2 Å². The molecule has 2 aromatic rings. The number of halogens is 1. The van der Waals surface area contributed by atoms with Gasteiger partial charge in [0.15, 0.2) is 0 Å². The Morgan fingerprint density at radius 3 is 2.88 bits per heavy atom. The molecular formula is C14H16BrNO. The summed E-state index contributed by atoms with van der Waals surface area (Å²) in [7, 11) is 0. The maximum absolute atomic E-state index is 5.27. The van der Waals surface area contributed by atoms with Crippen molar-refractivity contribution in [3.05, 3.63) is 58.0 Å². The molecule has 1 heterocycles. The number of rotatable bonds is 5. The zero-order valence-electron chi connectivity index (χ0n) is 9.87. The third kappa shape index (κ3) is 3.72. The monoisotopic (exact) mass is 293 g/mol. The molecule has 0 bridgehead atoms. The molecule has 0 saturated carbocycles. The van der Waals surface area contributed by atoms with Gasteiger partial charge < -0.3 is 9.73 Å². The van der Waals surface area contributed by atoms with Crippen LogP contribution in [0.25, 0.3) is 0 Å². The summed E-state index contributed by atoms with van der Waals surface area (Å²) in [6.07, 6.45) is 2.65. The third-order valence-electron chi connectivity index (χ3n) is 2.68. The average molecular weight is 294 g/mol. The predicted octanol–water partition coefficient (Wildman–Crippen LogP) is 3.68. The van der Waals surface area contributed by atoms with Crippen LogP contribution in [-0.4, -0.2) is 6.54 Å². The molecular weight excluding hydrogens is 278 g/mol. The number of benzene rings is 1. The quantitative estimate of drug-likeness (QED) is 0.851. The van der Waals surface area contributed by atoms with Crippen LogP contribution in [0.5, 0.6) is 0 Å². The van der Waals surface area contributed by atoms with Crippen molar-refractivity contribution < 1.29 is 4.42 Å². The highest BCUT2D eigenvalue weighted by Crippen LogP contribution is 2.16. The van der Waals surface area contributed by atoms with E-state index in [9.17, 15) is 0 Å². The maximum Gasteiger partial charge on any atom is 0.105 e. The van der Waals surface area contributed by atoms with E-state index in [0.717, 1.165) is 29.7 Å². The van der Waals surface area contributed by atoms with Crippen LogP contribution in [0, 0.1) is 6.92 Å². The maximum atomic E-state index is 5.27. The smallest absolute Gasteiger partial charge is 0.105 e. The van der Waals surface area contributed by atoms with Gasteiger partial charge in [-0.3, -0.25) is 0 Å². The minimum absolute atomic E-state index is 0.898. The van der Waals surface area contributed by atoms with E-state index in [-0.39, 0.29) is 0 Å². The molecule has 2 rings (SSSR count). The zero-order chi connectivity index (χ0) is 12.1. The third-order valence-corrected chi connectivity index (χ3v) is 3.57. The Labute approximate surface area is 110 Å². The molecule has 0 saturated heterocycles. The largest absolute Gasteiger partial charge is 0.469 e. The van der Waals surface area contributed by atoms with Crippen LogP contribution in [0.15, 0.2) is 45.5 Å². The van der Waals surface area contributed by atoms with E-state index in [1.807, 2.05) is 12.1 Å². The minimum atomic E-state index is 0.898. The fraction of sp³-hybridized carbons (Fsp3) is 0.286. The van der Waals surface area contributed by atoms with Gasteiger partial charge in [0, 0.05) is 24.0 Å². The van der Waals surface area contributed by atoms with Crippen molar-refractivity contribution in [3.63, 3.8) is 0 Å². The molecule has 0 amide bonds. The van der Waals surface area contributed by atoms with E-state index in [0.29, 0.717) is 0 Å². The molecule has 1 N–H and O–H groups in total. The molecule has 0 aliphatic carbocycles. The Morgan fingerprint density at radius 2 is 2.18 bits per heavy atom. The molecule has 0 unspecified atom stereocenters. The second-order valence-electron chi connectivity index (χ2n) is 4.09. The Kier molecular flexibility index (Phi) is 4.40. The van der Waals surface area contributed by atoms with Crippen molar-refractivity contribution in [3.8, 4) is 0 Å². The molecule has 0 aliphatic heterocycles. The van der Waals surface area contributed by atoms with Gasteiger partial charge in [-0.05, 0) is 36.2 Å². The van der Waals surface area contributed by atoms with Crippen LogP contribution in [-0.2, 0) is 13.0 Å². The fourth-order valence-electron chi connectivity index (χ4n) is 1.72. The van der Waals surface area contributed by atoms with Crippen molar-refractivity contribution in [2.24, 2.45) is 0 Å². The lowest BCUT2D eigenvalue weighted by atomic mass is 10.1. The molecule has 0 atom stereocenters. The number of furan rings is 1. The second kappa shape index (κ2) is 6.03. The second-order valence-corrected chi connectivity index (χ2v) is 4.94. The van der Waals surface area contributed by atoms with E-state index in [4.69, 9.17) is 4.42 Å². The summed E-state index contributed by atoms with van der Waals surface area (Å²) in [6, 6.07) is 10.4. The molecule has 3 heteroatoms. The first kappa shape index (κ1) is 12.4. The molecule has 0 radical (unpaired) electrons. The molecule has 1 aromatic carbocycles. The number of hydrogen-bond acceptors (Lipinski definition) is 2. The van der Waals surface area contributed by atoms with Crippen molar-refractivity contribution in [2.45, 2.75) is 19.9 Å². The van der Waals surface area contributed by atoms with Gasteiger partial charge in [-0.25, -0.2) is 0 Å². The number of hydrogen-bond donors (Lipinski definition) is 1. The van der Waals surface area contributed by atoms with E-state index < -0.39 is 0 Å². The van der Waals surface area contributed by atoms with Crippen molar-refractivity contribution in [1.82, 2.24) is 5.32 Å². The highest BCUT2D eigenvalue weighted by molar-refractivity contribution is 9.10. The lowest BCUT2D eigenvalue weighted by Gasteiger charge is -2.06. The van der Waals surface area contributed by atoms with Gasteiger partial charge in [0.25, 0.3) is 0 Å². The lowest BCUT2D eigenvalue weighted by molar-refractivity contribution is 0.499. The van der Waals surface area contributed by atoms with Gasteiger partial charge in [-0.15, -0.1) is 0 Å². The Morgan fingerprint density at radius 1 is 1.29 bits per heavy atom. The SMILES string of the molecule is Cc1cc(CNCCc2ccco2)ccc1Br. The minimum Gasteiger partial charge on any atom is -0.469 e. The van der Waals surface area contributed by atoms with Gasteiger partial charge in [0.1, 0.15) is 5.76 Å². The Balaban J connectivity index is 1.76. The Bertz CT molecular complexity index is 465. The molecule has 0 spiro atoms. The molecule has 2 nitrogen and oxygen atoms in total. The van der Waals surface area contributed by atoms with Gasteiger partial charge in [0.2, 0.25) is 0 Å². The predicted molar refractivity (Wildman–Crippen MR) is 73.0 cm³/mol. The van der Waals surface area contributed by atoms with Crippen LogP contribution in [0.2, 0.25) is 0 Å². The summed E-state index contributed by atoms with van der Waals surface area (Å²) in [5, 5.41) is 3.41. The van der Waals surface area contributed by atoms with Crippen molar-refractivity contribution in [2.75, 3.05) is 6.54 Å². The molecule has 90 valence electrons. The molecule has 1 aromatic heterocycles. The van der Waals surface area contributed by atoms with Crippen molar-refractivity contribution >= 4 is 15.9 Å². The Hall–Kier alpha value is -1.06. The van der Waals surface area contributed by atoms with E-state index in [1.165, 1.54) is 11.1 Å². The van der Waals surface area contributed by atoms with Crippen LogP contribution in [0.1, 0.15) is 16.9 Å². The first-order valence-corrected chi connectivity index (χ1v) is 6.53. The van der Waals surface area contributed by atoms with Gasteiger partial charge in [0.05, 0.1) is 6.26 Å². The summed E-state index contributed by atoms with van der Waals surface area (Å²) < 4.78 is 6.44. The lowest BCUT2D eigenvalue weighted by Crippen LogP contribution is -2.16. The van der Waals surface area contributed by atoms with Crippen LogP contribution >= 0.6 is 15.9 Å². The van der Waals surface area contributed by atoms with E-state index in [2.05, 4.69) is 46.4 Å². The summed E-state index contributed by atoms with van der Waals surface area (Å²) >= 11 is 3.50. The standard InChI is InChI=1S/C14H16BrNO/c1-11-9-12(4-5-14(11)15)10-16-7-6-13-3-2-8-17-13/h2-5,8-9,16H,6-7,10H2,1H3. The van der Waals surface area contributed by atoms with Gasteiger partial charge >= 0.3 is 0 Å². The molecule has 0 fully saturated rings. The summed E-state index contributed by atoms with van der Waals surface area (Å²) in [5.41, 5.74) is 2.58. The van der Waals surface area contributed by atoms with E-state index >= 15 is 0 Å². The summed E-state index contributed by atoms with van der Waals surface area (Å²) in [5.74, 6) is 1.03. The van der Waals surface area contributed by atoms with Crippen LogP contribution in [0.4, 0.5) is 0 Å². The first-order chi connectivity index (χ1) is 8.25. The van der Waals surface area contributed by atoms with Gasteiger partial charge in [-0.1, -0.05) is 28.1 Å². The summed E-state index contributed by atoms with van der Waals surface area (Å²) in [6.45, 7) is 3.94. The highest BCUT2D eigenvalue weighted by atomic mass is 79.9. The van der Waals surface area contributed by atoms with Crippen LogP contribution < -0.4 is 5.32 Å². The molecule has 17 heavy (non-hydrogen) atoms. The summed E-state index contributed by atoms with van der Waals surface area (Å²) in [4.78, 5) is 0. The molecule has 0 aliphatic rings. The highest BCUT2D eigenvalue weighted by Gasteiger charge is 1.98. The van der Waals surface area contributed by atoms with Gasteiger partial charge in [-0.2, -0.15) is 0 Å². The van der Waals surface area contributed by atoms with Crippen molar-refractivity contribution in [1.29, 1.82) is 0 Å². The normalized spacial score (nSPS) is 10.7. The van der Waals surface area contributed by atoms with Crippen LogP contribution in [0.3, 0.4) is 0 Å². The van der Waals surface area contributed by atoms with E-state index in [1.54, 1.807) is 6.26 Å². The number of aryl methyl sites for hydroxylation is 1. The average Bonchev–Trinajstić information content (AvgIpc) is 2.82. The number of nitrogens with one attached hydrogen (secondary N) is 1. The zero-order valence-corrected chi connectivity index (χ0v) is 11.5. The fourth-order valence-corrected chi connectivity index (χ4v) is 1.96. The first-order valence-electron chi connectivity index (χ1n) is 5.74.